The molecule has 4 heteroatoms. The Balaban J connectivity index is 2.06. The van der Waals surface area contributed by atoms with E-state index in [4.69, 9.17) is 0 Å². The highest BCUT2D eigenvalue weighted by atomic mass is 79.9. The van der Waals surface area contributed by atoms with Crippen LogP contribution in [-0.2, 0) is 5.92 Å². The Kier molecular flexibility index (Phi) is 5.97. The zero-order chi connectivity index (χ0) is 14.4. The number of nitrogens with zero attached hydrogens (tertiary/aromatic N) is 1. The summed E-state index contributed by atoms with van der Waals surface area (Å²) in [6.07, 6.45) is 5.68. The van der Waals surface area contributed by atoms with Gasteiger partial charge in [0, 0.05) is 23.5 Å². The van der Waals surface area contributed by atoms with Gasteiger partial charge in [-0.05, 0) is 12.8 Å². The molecule has 1 aliphatic rings. The molecule has 0 aromatic heterocycles. The van der Waals surface area contributed by atoms with Gasteiger partial charge in [0.2, 0.25) is 0 Å². The summed E-state index contributed by atoms with van der Waals surface area (Å²) in [6, 6.07) is 8.49. The topological polar surface area (TPSA) is 3.24 Å². The summed E-state index contributed by atoms with van der Waals surface area (Å²) in [4.78, 5) is 1.97. The second-order valence-corrected chi connectivity index (χ2v) is 6.31. The first-order chi connectivity index (χ1) is 9.63. The minimum atomic E-state index is -2.78. The lowest BCUT2D eigenvalue weighted by molar-refractivity contribution is -0.0499. The zero-order valence-corrected chi connectivity index (χ0v) is 13.3. The Morgan fingerprint density at radius 3 is 2.35 bits per heavy atom. The van der Waals surface area contributed by atoms with E-state index in [1.165, 1.54) is 31.4 Å². The second kappa shape index (κ2) is 7.51. The molecule has 0 radical (unpaired) electrons. The van der Waals surface area contributed by atoms with Crippen LogP contribution in [0.15, 0.2) is 30.3 Å². The Morgan fingerprint density at radius 2 is 1.75 bits per heavy atom. The van der Waals surface area contributed by atoms with E-state index in [0.29, 0.717) is 12.6 Å². The smallest absolute Gasteiger partial charge is 0.285 e. The molecule has 1 fully saturated rings. The minimum absolute atomic E-state index is 0.121. The van der Waals surface area contributed by atoms with Crippen molar-refractivity contribution < 1.29 is 8.78 Å². The first kappa shape index (κ1) is 15.9. The summed E-state index contributed by atoms with van der Waals surface area (Å²) < 4.78 is 28.9. The van der Waals surface area contributed by atoms with Crippen LogP contribution in [0.1, 0.15) is 37.7 Å². The molecule has 0 spiro atoms. The molecule has 1 aromatic rings. The molecule has 0 amide bonds. The fourth-order valence-corrected chi connectivity index (χ4v) is 3.43. The molecule has 0 saturated heterocycles. The van der Waals surface area contributed by atoms with E-state index < -0.39 is 5.92 Å². The van der Waals surface area contributed by atoms with Crippen LogP contribution in [0.3, 0.4) is 0 Å². The van der Waals surface area contributed by atoms with Gasteiger partial charge in [0.05, 0.1) is 6.54 Å². The molecule has 1 nitrogen and oxygen atoms in total. The summed E-state index contributed by atoms with van der Waals surface area (Å²) in [6.45, 7) is 0.514. The maximum absolute atomic E-state index is 14.4. The largest absolute Gasteiger partial charge is 0.293 e. The van der Waals surface area contributed by atoms with Crippen LogP contribution in [-0.4, -0.2) is 29.4 Å². The standard InChI is InChI=1S/C16H22BrF2N/c17-11-12-20(15-9-5-2-6-10-15)13-16(18,19)14-7-3-1-4-8-14/h1,3-4,7-8,15H,2,5-6,9-13H2. The highest BCUT2D eigenvalue weighted by molar-refractivity contribution is 9.09. The van der Waals surface area contributed by atoms with Crippen molar-refractivity contribution >= 4 is 15.9 Å². The van der Waals surface area contributed by atoms with Gasteiger partial charge in [-0.2, -0.15) is 8.78 Å². The Hall–Kier alpha value is -0.480. The molecule has 1 aromatic carbocycles. The highest BCUT2D eigenvalue weighted by Crippen LogP contribution is 2.32. The van der Waals surface area contributed by atoms with Crippen molar-refractivity contribution in [2.24, 2.45) is 0 Å². The lowest BCUT2D eigenvalue weighted by Crippen LogP contribution is -2.44. The number of rotatable bonds is 6. The fourth-order valence-electron chi connectivity index (χ4n) is 2.97. The average molecular weight is 346 g/mol. The molecule has 0 unspecified atom stereocenters. The van der Waals surface area contributed by atoms with E-state index in [9.17, 15) is 8.78 Å². The lowest BCUT2D eigenvalue weighted by atomic mass is 9.93. The van der Waals surface area contributed by atoms with E-state index >= 15 is 0 Å². The molecule has 20 heavy (non-hydrogen) atoms. The molecule has 0 bridgehead atoms. The number of alkyl halides is 3. The van der Waals surface area contributed by atoms with Gasteiger partial charge in [-0.3, -0.25) is 4.90 Å². The maximum Gasteiger partial charge on any atom is 0.285 e. The van der Waals surface area contributed by atoms with Crippen molar-refractivity contribution in [1.29, 1.82) is 0 Å². The molecule has 2 rings (SSSR count). The van der Waals surface area contributed by atoms with Crippen LogP contribution in [0.25, 0.3) is 0 Å². The van der Waals surface area contributed by atoms with Crippen LogP contribution in [0, 0.1) is 0 Å². The molecule has 0 heterocycles. The van der Waals surface area contributed by atoms with Gasteiger partial charge in [-0.1, -0.05) is 65.5 Å². The van der Waals surface area contributed by atoms with Crippen molar-refractivity contribution in [2.45, 2.75) is 44.1 Å². The van der Waals surface area contributed by atoms with E-state index in [-0.39, 0.29) is 12.1 Å². The van der Waals surface area contributed by atoms with E-state index in [0.717, 1.165) is 18.2 Å². The first-order valence-electron chi connectivity index (χ1n) is 7.37. The quantitative estimate of drug-likeness (QED) is 0.669. The van der Waals surface area contributed by atoms with Crippen LogP contribution in [0.2, 0.25) is 0 Å². The predicted molar refractivity (Wildman–Crippen MR) is 82.6 cm³/mol. The highest BCUT2D eigenvalue weighted by Gasteiger charge is 2.36. The maximum atomic E-state index is 14.4. The number of halogens is 3. The minimum Gasteiger partial charge on any atom is -0.293 e. The van der Waals surface area contributed by atoms with Gasteiger partial charge in [0.1, 0.15) is 0 Å². The van der Waals surface area contributed by atoms with Crippen molar-refractivity contribution in [1.82, 2.24) is 4.90 Å². The van der Waals surface area contributed by atoms with Gasteiger partial charge >= 0.3 is 0 Å². The average Bonchev–Trinajstić information content (AvgIpc) is 2.48. The third kappa shape index (κ3) is 4.26. The van der Waals surface area contributed by atoms with Gasteiger partial charge in [-0.25, -0.2) is 0 Å². The van der Waals surface area contributed by atoms with Crippen molar-refractivity contribution in [3.8, 4) is 0 Å². The third-order valence-corrected chi connectivity index (χ3v) is 4.42. The monoisotopic (exact) mass is 345 g/mol. The number of hydrogen-bond acceptors (Lipinski definition) is 1. The summed E-state index contributed by atoms with van der Waals surface area (Å²) >= 11 is 3.39. The number of benzene rings is 1. The van der Waals surface area contributed by atoms with E-state index in [1.807, 2.05) is 4.90 Å². The van der Waals surface area contributed by atoms with Crippen LogP contribution >= 0.6 is 15.9 Å². The number of hydrogen-bond donors (Lipinski definition) is 0. The van der Waals surface area contributed by atoms with Crippen LogP contribution < -0.4 is 0 Å². The van der Waals surface area contributed by atoms with Crippen molar-refractivity contribution in [3.63, 3.8) is 0 Å². The summed E-state index contributed by atoms with van der Waals surface area (Å²) in [7, 11) is 0. The van der Waals surface area contributed by atoms with Gasteiger partial charge in [0.25, 0.3) is 5.92 Å². The molecule has 1 aliphatic carbocycles. The van der Waals surface area contributed by atoms with E-state index in [2.05, 4.69) is 15.9 Å². The predicted octanol–water partition coefficient (Wildman–Crippen LogP) is 4.81. The lowest BCUT2D eigenvalue weighted by Gasteiger charge is -2.36. The summed E-state index contributed by atoms with van der Waals surface area (Å²) in [5, 5.41) is 0.744. The van der Waals surface area contributed by atoms with Crippen molar-refractivity contribution in [2.75, 3.05) is 18.4 Å². The Labute approximate surface area is 128 Å². The summed E-state index contributed by atoms with van der Waals surface area (Å²) in [5.74, 6) is -2.78. The third-order valence-electron chi connectivity index (χ3n) is 4.06. The molecule has 0 aliphatic heterocycles. The van der Waals surface area contributed by atoms with Crippen molar-refractivity contribution in [3.05, 3.63) is 35.9 Å². The SMILES string of the molecule is FC(F)(CN(CCBr)C1CCCCC1)c1ccccc1. The normalized spacial score (nSPS) is 17.6. The van der Waals surface area contributed by atoms with Gasteiger partial charge < -0.3 is 0 Å². The molecule has 112 valence electrons. The molecular formula is C16H22BrF2N. The van der Waals surface area contributed by atoms with E-state index in [1.54, 1.807) is 18.2 Å². The van der Waals surface area contributed by atoms with Gasteiger partial charge in [0.15, 0.2) is 0 Å². The molecule has 0 N–H and O–H groups in total. The molecule has 0 atom stereocenters. The second-order valence-electron chi connectivity index (χ2n) is 5.52. The van der Waals surface area contributed by atoms with Gasteiger partial charge in [-0.15, -0.1) is 0 Å². The summed E-state index contributed by atoms with van der Waals surface area (Å²) in [5.41, 5.74) is 0.121. The fraction of sp³-hybridized carbons (Fsp3) is 0.625. The van der Waals surface area contributed by atoms with Crippen LogP contribution in [0.4, 0.5) is 8.78 Å². The first-order valence-corrected chi connectivity index (χ1v) is 8.49. The Bertz CT molecular complexity index is 391. The molecular weight excluding hydrogens is 324 g/mol. The zero-order valence-electron chi connectivity index (χ0n) is 11.7. The Morgan fingerprint density at radius 1 is 1.10 bits per heavy atom. The molecule has 1 saturated carbocycles. The van der Waals surface area contributed by atoms with Crippen LogP contribution in [0.5, 0.6) is 0 Å².